The van der Waals surface area contributed by atoms with Gasteiger partial charge in [-0.2, -0.15) is 0 Å². The number of primary amides is 1. The number of hydrogen-bond acceptors (Lipinski definition) is 22. The second kappa shape index (κ2) is 49.2. The van der Waals surface area contributed by atoms with Gasteiger partial charge in [0.1, 0.15) is 97.5 Å². The molecule has 0 aliphatic carbocycles. The number of nitrogens with one attached hydrogen (secondary N) is 10. The van der Waals surface area contributed by atoms with Crippen molar-refractivity contribution in [3.8, 4) is 5.75 Å². The number of nitrogens with zero attached hydrogens (tertiary/aromatic N) is 5. The topological polar surface area (TPSA) is 495 Å². The summed E-state index contributed by atoms with van der Waals surface area (Å²) in [5.41, 5.74) is 7.49. The van der Waals surface area contributed by atoms with E-state index in [4.69, 9.17) is 15.2 Å². The summed E-state index contributed by atoms with van der Waals surface area (Å²) in [4.78, 5) is 257. The summed E-state index contributed by atoms with van der Waals surface area (Å²) in [7, 11) is 3.76. The third kappa shape index (κ3) is 28.2. The molecular weight excluding hydrogens is 1760 g/mol. The van der Waals surface area contributed by atoms with Gasteiger partial charge >= 0.3 is 0 Å². The first-order chi connectivity index (χ1) is 63.0. The molecule has 6 aromatic rings. The maximum atomic E-state index is 15.7. The number of benzene rings is 5. The fourth-order valence-electron chi connectivity index (χ4n) is 15.8. The van der Waals surface area contributed by atoms with Crippen molar-refractivity contribution in [1.82, 2.24) is 77.3 Å². The quantitative estimate of drug-likeness (QED) is 0.0286. The molecule has 1 aromatic heterocycles. The van der Waals surface area contributed by atoms with Crippen molar-refractivity contribution in [2.45, 2.75) is 184 Å². The average Bonchev–Trinajstić information content (AvgIpc) is 1.80. The summed E-state index contributed by atoms with van der Waals surface area (Å²) >= 11 is 1.78. The Morgan fingerprint density at radius 2 is 1.08 bits per heavy atom. The van der Waals surface area contributed by atoms with Gasteiger partial charge in [0.25, 0.3) is 12.9 Å². The SMILES string of the molecule is CCCC[C@H]1C(=O)N2CCC[C@@H]2C(=O)N[C@@H](COC=O)C(=O)N[C@@H](C(C)C)C(=O)N(C)[C@@H](Cc2ccccc2)C(=O)N[C@@H](COC=O)C(=O)N2CSC[C@@H]2C(=O)N[C@@H](Cc2c[nH]c3ccccc23)C(=O)N[C@@H](Cc2ccc(O)cc2)C(=O)N[C@@H](CC(C)C)C(=O)N[C@H](C(=O)NCC(N)=O)CSCC(=O)N[C@@H](Cc2cc(F)c(F)c(F)c2)C(=O)N(C)[C@@H](Cc2ccccc2)C(=O)N1C. The highest BCUT2D eigenvalue weighted by Gasteiger charge is 2.47. The van der Waals surface area contributed by atoms with Crippen LogP contribution in [0.2, 0.25) is 0 Å². The van der Waals surface area contributed by atoms with Gasteiger partial charge in [-0.1, -0.05) is 138 Å². The Morgan fingerprint density at radius 3 is 1.70 bits per heavy atom. The number of thioether (sulfide) groups is 2. The van der Waals surface area contributed by atoms with E-state index < -0.39 is 234 Å². The molecule has 0 unspecified atom stereocenters. The van der Waals surface area contributed by atoms with Gasteiger partial charge in [0.05, 0.1) is 18.2 Å². The van der Waals surface area contributed by atoms with Crippen molar-refractivity contribution < 1.29 is 109 Å². The number of halogens is 3. The van der Waals surface area contributed by atoms with E-state index in [0.717, 1.165) is 31.4 Å². The van der Waals surface area contributed by atoms with Crippen molar-refractivity contribution in [2.24, 2.45) is 17.6 Å². The number of unbranched alkanes of at least 4 members (excludes halogenated alkanes) is 1. The number of fused-ring (bicyclic) bond motifs is 3. The van der Waals surface area contributed by atoms with E-state index >= 15 is 51.9 Å². The Balaban J connectivity index is 1.13. The minimum absolute atomic E-state index is 0.00298. The minimum Gasteiger partial charge on any atom is -0.508 e. The van der Waals surface area contributed by atoms with E-state index in [9.17, 15) is 47.9 Å². The normalized spacial score (nSPS) is 23.6. The molecule has 36 nitrogen and oxygen atoms in total. The van der Waals surface area contributed by atoms with Crippen LogP contribution in [-0.2, 0) is 123 Å². The monoisotopic (exact) mass is 1870 g/mol. The van der Waals surface area contributed by atoms with Crippen LogP contribution in [-0.4, -0.2) is 285 Å². The molecule has 5 aromatic carbocycles. The number of nitrogens with two attached hydrogens (primary N) is 1. The number of carbonyl (C=O) groups excluding carboxylic acids is 17. The molecule has 3 fully saturated rings. The maximum Gasteiger partial charge on any atom is 0.293 e. The molecule has 9 rings (SSSR count). The number of hydrogen-bond donors (Lipinski definition) is 12. The van der Waals surface area contributed by atoms with Crippen molar-refractivity contribution in [1.29, 1.82) is 0 Å². The highest BCUT2D eigenvalue weighted by Crippen LogP contribution is 2.29. The molecule has 132 heavy (non-hydrogen) atoms. The number of carbonyl (C=O) groups is 17. The zero-order valence-corrected chi connectivity index (χ0v) is 76.0. The molecule has 41 heteroatoms. The molecule has 15 amide bonds. The standard InChI is InChI=1S/C91H113F3N16O20S2/c1-9-10-26-71-90(127)109-32-19-27-70(109)84(121)102-67(43-129-49-111)83(120)105-78(52(4)5)91(128)107(7)72(38-53-20-13-11-14-21-53)85(122)103-68(44-130-50-112)88(125)110-48-132-46-74(110)86(123)101-65(40-57-41-96-62-25-18-17-24-59(57)62)82(119)100-64(36-55-28-30-58(113)31-29-55)81(118)99-63(33-51(2)3)80(117)104-69(79(116)97-42-75(95)114)45-131-47-76(115)98-66(37-56-34-60(92)77(94)61(93)35-56)87(124)108(8)73(89(126)106(71)6)39-54-22-15-12-16-23-54/h11-18,20-25,28-31,34-35,41,49-52,63-74,78,96,113H,9-10,19,26-27,32-33,36-40,42-48H2,1-8H3,(H2,95,114)(H,97,116)(H,98,115)(H,99,118)(H,100,119)(H,101,123)(H,102,121)(H,103,122)(H,104,117)(H,105,120)/t63-,64-,65-,66-,67-,68-,69-,70+,71-,72-,73-,74+,78-/m0/s1. The zero-order valence-electron chi connectivity index (χ0n) is 74.3. The molecule has 13 N–H and O–H groups in total. The molecule has 3 aliphatic rings. The third-order valence-electron chi connectivity index (χ3n) is 22.9. The molecule has 0 saturated carbocycles. The number of rotatable bonds is 25. The van der Waals surface area contributed by atoms with Gasteiger partial charge in [0, 0.05) is 88.4 Å². The third-order valence-corrected chi connectivity index (χ3v) is 25.0. The van der Waals surface area contributed by atoms with Crippen LogP contribution in [0.3, 0.4) is 0 Å². The number of amides is 15. The molecule has 0 radical (unpaired) electrons. The highest BCUT2D eigenvalue weighted by molar-refractivity contribution is 8.00. The molecule has 4 heterocycles. The lowest BCUT2D eigenvalue weighted by molar-refractivity contribution is -0.152. The lowest BCUT2D eigenvalue weighted by Gasteiger charge is -2.38. The van der Waals surface area contributed by atoms with Gasteiger partial charge in [0.2, 0.25) is 88.6 Å². The van der Waals surface area contributed by atoms with E-state index in [0.29, 0.717) is 69.9 Å². The molecule has 710 valence electrons. The number of H-pyrrole nitrogens is 1. The number of phenols is 1. The Labute approximate surface area is 769 Å². The number of aromatic hydroxyl groups is 1. The molecular formula is C91H113F3N16O20S2. The van der Waals surface area contributed by atoms with E-state index in [1.165, 1.54) is 50.3 Å². The van der Waals surface area contributed by atoms with E-state index in [2.05, 4.69) is 52.8 Å². The van der Waals surface area contributed by atoms with E-state index in [-0.39, 0.29) is 93.8 Å². The van der Waals surface area contributed by atoms with Crippen molar-refractivity contribution in [3.05, 3.63) is 173 Å². The Hall–Kier alpha value is -13.1. The van der Waals surface area contributed by atoms with Crippen LogP contribution in [0.5, 0.6) is 5.75 Å². The molecule has 3 saturated heterocycles. The van der Waals surface area contributed by atoms with Crippen LogP contribution >= 0.6 is 23.5 Å². The van der Waals surface area contributed by atoms with E-state index in [1.807, 2.05) is 6.92 Å². The van der Waals surface area contributed by atoms with Gasteiger partial charge in [-0.15, -0.1) is 23.5 Å². The number of aromatic nitrogens is 1. The van der Waals surface area contributed by atoms with Crippen molar-refractivity contribution in [3.63, 3.8) is 0 Å². The van der Waals surface area contributed by atoms with Crippen LogP contribution in [0.1, 0.15) is 101 Å². The van der Waals surface area contributed by atoms with E-state index in [1.54, 1.807) is 119 Å². The van der Waals surface area contributed by atoms with Crippen LogP contribution in [0.25, 0.3) is 10.9 Å². The second-order valence-electron chi connectivity index (χ2n) is 33.3. The maximum absolute atomic E-state index is 15.7. The van der Waals surface area contributed by atoms with Gasteiger partial charge in [-0.05, 0) is 95.7 Å². The van der Waals surface area contributed by atoms with Crippen LogP contribution < -0.4 is 53.6 Å². The number of aromatic amines is 1. The summed E-state index contributed by atoms with van der Waals surface area (Å²) in [6.07, 6.45) is 0.437. The largest absolute Gasteiger partial charge is 0.508 e. The Morgan fingerprint density at radius 1 is 0.538 bits per heavy atom. The van der Waals surface area contributed by atoms with Gasteiger partial charge < -0.3 is 97.6 Å². The van der Waals surface area contributed by atoms with Crippen LogP contribution in [0, 0.1) is 29.3 Å². The lowest BCUT2D eigenvalue weighted by atomic mass is 9.98. The first kappa shape index (κ1) is 103. The van der Waals surface area contributed by atoms with Crippen LogP contribution in [0.15, 0.2) is 128 Å². The molecule has 13 atom stereocenters. The fourth-order valence-corrected chi connectivity index (χ4v) is 17.8. The predicted molar refractivity (Wildman–Crippen MR) is 479 cm³/mol. The van der Waals surface area contributed by atoms with Crippen molar-refractivity contribution >= 4 is 136 Å². The van der Waals surface area contributed by atoms with Crippen molar-refractivity contribution in [2.75, 3.05) is 70.6 Å². The number of para-hydroxylation sites is 1. The summed E-state index contributed by atoms with van der Waals surface area (Å²) in [6, 6.07) is 9.36. The van der Waals surface area contributed by atoms with Gasteiger partial charge in [-0.25, -0.2) is 13.2 Å². The van der Waals surface area contributed by atoms with Crippen LogP contribution in [0.4, 0.5) is 13.2 Å². The number of phenolic OH excluding ortho intramolecular Hbond substituents is 1. The second-order valence-corrected chi connectivity index (χ2v) is 35.4. The number of ether oxygens (including phenoxy) is 2. The molecule has 3 aliphatic heterocycles. The predicted octanol–water partition coefficient (Wildman–Crippen LogP) is 1.64. The zero-order chi connectivity index (χ0) is 96.2. The Bertz CT molecular complexity index is 5100. The number of likely N-dealkylation sites (N-methyl/N-ethyl adjacent to an activating group) is 3. The smallest absolute Gasteiger partial charge is 0.293 e. The first-order valence-electron chi connectivity index (χ1n) is 43.2. The summed E-state index contributed by atoms with van der Waals surface area (Å²) < 4.78 is 55.3. The molecule has 0 spiro atoms. The average molecular weight is 1870 g/mol. The summed E-state index contributed by atoms with van der Waals surface area (Å²) in [5, 5.41) is 34.5. The lowest BCUT2D eigenvalue weighted by Crippen LogP contribution is -2.62. The van der Waals surface area contributed by atoms with Gasteiger partial charge in [0.15, 0.2) is 17.5 Å². The summed E-state index contributed by atoms with van der Waals surface area (Å²) in [5.74, 6) is -22.7. The fraction of sp³-hybridized carbons (Fsp3) is 0.462. The highest BCUT2D eigenvalue weighted by atomic mass is 32.2. The Kier molecular flexibility index (Phi) is 38.3. The molecule has 0 bridgehead atoms. The minimum atomic E-state index is -1.86. The first-order valence-corrected chi connectivity index (χ1v) is 45.5. The summed E-state index contributed by atoms with van der Waals surface area (Å²) in [6.45, 7) is 5.85. The van der Waals surface area contributed by atoms with Gasteiger partial charge in [-0.3, -0.25) is 81.5 Å².